The van der Waals surface area contributed by atoms with E-state index >= 15 is 0 Å². The Labute approximate surface area is 107 Å². The maximum atomic E-state index is 9.85. The fraction of sp³-hybridized carbons (Fsp3) is 0.769. The van der Waals surface area contributed by atoms with Crippen molar-refractivity contribution < 1.29 is 5.11 Å². The van der Waals surface area contributed by atoms with Gasteiger partial charge in [-0.05, 0) is 32.1 Å². The molecule has 2 atom stereocenters. The van der Waals surface area contributed by atoms with Gasteiger partial charge in [-0.3, -0.25) is 0 Å². The summed E-state index contributed by atoms with van der Waals surface area (Å²) in [6, 6.07) is 0. The maximum Gasteiger partial charge on any atom is 0.0797 e. The zero-order chi connectivity index (χ0) is 12.3. The van der Waals surface area contributed by atoms with Crippen LogP contribution in [0.15, 0.2) is 5.51 Å². The Morgan fingerprint density at radius 1 is 1.59 bits per heavy atom. The van der Waals surface area contributed by atoms with E-state index in [1.54, 1.807) is 11.3 Å². The summed E-state index contributed by atoms with van der Waals surface area (Å²) >= 11 is 1.76. The number of aliphatic hydroxyl groups is 1. The number of nitrogens with zero attached hydrogens (tertiary/aromatic N) is 2. The molecule has 0 aliphatic carbocycles. The number of likely N-dealkylation sites (tertiary alicyclic amines) is 1. The molecule has 1 fully saturated rings. The molecular formula is C13H22N2OS. The maximum absolute atomic E-state index is 9.85. The van der Waals surface area contributed by atoms with Crippen molar-refractivity contribution >= 4 is 11.3 Å². The first kappa shape index (κ1) is 13.0. The van der Waals surface area contributed by atoms with E-state index in [-0.39, 0.29) is 6.10 Å². The van der Waals surface area contributed by atoms with Crippen LogP contribution < -0.4 is 0 Å². The number of hydrogen-bond acceptors (Lipinski definition) is 4. The minimum Gasteiger partial charge on any atom is -0.393 e. The molecule has 0 aromatic carbocycles. The highest BCUT2D eigenvalue weighted by Gasteiger charge is 2.25. The SMILES string of the molecule is CCC1CN(CCc2scnc2C)CCC1O. The number of aryl methyl sites for hydroxylation is 1. The van der Waals surface area contributed by atoms with Crippen LogP contribution in [-0.2, 0) is 6.42 Å². The average molecular weight is 254 g/mol. The second kappa shape index (κ2) is 5.94. The van der Waals surface area contributed by atoms with E-state index in [0.717, 1.165) is 38.9 Å². The highest BCUT2D eigenvalue weighted by atomic mass is 32.1. The number of aromatic nitrogens is 1. The molecule has 1 aromatic rings. The Bertz CT molecular complexity index is 353. The van der Waals surface area contributed by atoms with Crippen LogP contribution in [0.25, 0.3) is 0 Å². The molecule has 96 valence electrons. The lowest BCUT2D eigenvalue weighted by Gasteiger charge is -2.35. The van der Waals surface area contributed by atoms with E-state index < -0.39 is 0 Å². The molecule has 3 nitrogen and oxygen atoms in total. The van der Waals surface area contributed by atoms with Gasteiger partial charge >= 0.3 is 0 Å². The van der Waals surface area contributed by atoms with E-state index in [0.29, 0.717) is 5.92 Å². The predicted molar refractivity (Wildman–Crippen MR) is 71.4 cm³/mol. The summed E-state index contributed by atoms with van der Waals surface area (Å²) in [7, 11) is 0. The highest BCUT2D eigenvalue weighted by molar-refractivity contribution is 7.09. The molecule has 4 heteroatoms. The van der Waals surface area contributed by atoms with Crippen molar-refractivity contribution in [2.75, 3.05) is 19.6 Å². The molecule has 1 aliphatic heterocycles. The van der Waals surface area contributed by atoms with Gasteiger partial charge in [-0.2, -0.15) is 0 Å². The highest BCUT2D eigenvalue weighted by Crippen LogP contribution is 2.21. The van der Waals surface area contributed by atoms with Crippen LogP contribution in [0.4, 0.5) is 0 Å². The van der Waals surface area contributed by atoms with Gasteiger partial charge in [0.1, 0.15) is 0 Å². The third kappa shape index (κ3) is 3.27. The lowest BCUT2D eigenvalue weighted by Crippen LogP contribution is -2.43. The molecule has 0 amide bonds. The number of thiazole rings is 1. The molecule has 2 heterocycles. The number of rotatable bonds is 4. The van der Waals surface area contributed by atoms with Crippen LogP contribution >= 0.6 is 11.3 Å². The topological polar surface area (TPSA) is 36.4 Å². The quantitative estimate of drug-likeness (QED) is 0.894. The zero-order valence-corrected chi connectivity index (χ0v) is 11.5. The Kier molecular flexibility index (Phi) is 4.54. The lowest BCUT2D eigenvalue weighted by molar-refractivity contribution is 0.0257. The van der Waals surface area contributed by atoms with E-state index in [2.05, 4.69) is 23.7 Å². The van der Waals surface area contributed by atoms with Gasteiger partial charge in [0, 0.05) is 24.5 Å². The summed E-state index contributed by atoms with van der Waals surface area (Å²) in [5.41, 5.74) is 3.11. The first-order valence-corrected chi connectivity index (χ1v) is 7.38. The van der Waals surface area contributed by atoms with Gasteiger partial charge < -0.3 is 10.0 Å². The summed E-state index contributed by atoms with van der Waals surface area (Å²) in [5, 5.41) is 9.85. The molecule has 2 unspecified atom stereocenters. The molecule has 2 rings (SSSR count). The number of piperidine rings is 1. The molecule has 0 saturated carbocycles. The molecule has 1 N–H and O–H groups in total. The van der Waals surface area contributed by atoms with Crippen molar-refractivity contribution in [3.05, 3.63) is 16.1 Å². The van der Waals surface area contributed by atoms with Gasteiger partial charge in [0.15, 0.2) is 0 Å². The van der Waals surface area contributed by atoms with Crippen LogP contribution in [0, 0.1) is 12.8 Å². The lowest BCUT2D eigenvalue weighted by atomic mass is 9.92. The first-order valence-electron chi connectivity index (χ1n) is 6.50. The molecule has 1 aromatic heterocycles. The van der Waals surface area contributed by atoms with Crippen LogP contribution in [0.2, 0.25) is 0 Å². The van der Waals surface area contributed by atoms with E-state index in [1.807, 2.05) is 5.51 Å². The van der Waals surface area contributed by atoms with Gasteiger partial charge in [-0.25, -0.2) is 4.98 Å². The van der Waals surface area contributed by atoms with Crippen LogP contribution in [0.1, 0.15) is 30.3 Å². The van der Waals surface area contributed by atoms with Crippen LogP contribution in [0.5, 0.6) is 0 Å². The summed E-state index contributed by atoms with van der Waals surface area (Å²) in [6.45, 7) is 7.45. The summed E-state index contributed by atoms with van der Waals surface area (Å²) in [5.74, 6) is 0.464. The second-order valence-corrected chi connectivity index (χ2v) is 5.88. The fourth-order valence-corrected chi connectivity index (χ4v) is 3.30. The van der Waals surface area contributed by atoms with Crippen molar-refractivity contribution in [2.45, 2.75) is 39.2 Å². The van der Waals surface area contributed by atoms with Gasteiger partial charge in [-0.15, -0.1) is 11.3 Å². The van der Waals surface area contributed by atoms with E-state index in [1.165, 1.54) is 10.6 Å². The Hall–Kier alpha value is -0.450. The van der Waals surface area contributed by atoms with E-state index in [9.17, 15) is 5.11 Å². The second-order valence-electron chi connectivity index (χ2n) is 4.94. The number of aliphatic hydroxyl groups excluding tert-OH is 1. The van der Waals surface area contributed by atoms with Gasteiger partial charge in [0.25, 0.3) is 0 Å². The zero-order valence-electron chi connectivity index (χ0n) is 10.7. The molecule has 0 spiro atoms. The largest absolute Gasteiger partial charge is 0.393 e. The fourth-order valence-electron chi connectivity index (χ4n) is 2.53. The summed E-state index contributed by atoms with van der Waals surface area (Å²) < 4.78 is 0. The molecule has 0 bridgehead atoms. The molecule has 17 heavy (non-hydrogen) atoms. The van der Waals surface area contributed by atoms with Crippen LogP contribution in [-0.4, -0.2) is 40.7 Å². The third-order valence-electron chi connectivity index (χ3n) is 3.80. The monoisotopic (exact) mass is 254 g/mol. The third-order valence-corrected chi connectivity index (χ3v) is 4.80. The van der Waals surface area contributed by atoms with E-state index in [4.69, 9.17) is 0 Å². The van der Waals surface area contributed by atoms with Crippen molar-refractivity contribution in [1.29, 1.82) is 0 Å². The number of hydrogen-bond donors (Lipinski definition) is 1. The molecule has 0 radical (unpaired) electrons. The van der Waals surface area contributed by atoms with Crippen LogP contribution in [0.3, 0.4) is 0 Å². The summed E-state index contributed by atoms with van der Waals surface area (Å²) in [6.07, 6.45) is 3.03. The van der Waals surface area contributed by atoms with Crippen molar-refractivity contribution in [2.24, 2.45) is 5.92 Å². The summed E-state index contributed by atoms with van der Waals surface area (Å²) in [4.78, 5) is 8.18. The average Bonchev–Trinajstić information content (AvgIpc) is 2.74. The Balaban J connectivity index is 1.82. The van der Waals surface area contributed by atoms with Crippen molar-refractivity contribution in [3.8, 4) is 0 Å². The molecular weight excluding hydrogens is 232 g/mol. The van der Waals surface area contributed by atoms with Gasteiger partial charge in [0.05, 0.1) is 17.3 Å². The van der Waals surface area contributed by atoms with Gasteiger partial charge in [0.2, 0.25) is 0 Å². The van der Waals surface area contributed by atoms with Crippen molar-refractivity contribution in [3.63, 3.8) is 0 Å². The first-order chi connectivity index (χ1) is 8.20. The molecule has 1 aliphatic rings. The van der Waals surface area contributed by atoms with Gasteiger partial charge in [-0.1, -0.05) is 6.92 Å². The normalized spacial score (nSPS) is 26.3. The molecule has 1 saturated heterocycles. The minimum absolute atomic E-state index is 0.0820. The smallest absolute Gasteiger partial charge is 0.0797 e. The standard InChI is InChI=1S/C13H22N2OS/c1-3-11-8-15(6-4-12(11)16)7-5-13-10(2)14-9-17-13/h9,11-12,16H,3-8H2,1-2H3. The van der Waals surface area contributed by atoms with Crippen molar-refractivity contribution in [1.82, 2.24) is 9.88 Å². The minimum atomic E-state index is -0.0820. The Morgan fingerprint density at radius 2 is 2.41 bits per heavy atom. The Morgan fingerprint density at radius 3 is 3.06 bits per heavy atom. The predicted octanol–water partition coefficient (Wildman–Crippen LogP) is 2.09.